The third-order valence-corrected chi connectivity index (χ3v) is 5.32. The van der Waals surface area contributed by atoms with Gasteiger partial charge in [0.05, 0.1) is 32.7 Å². The summed E-state index contributed by atoms with van der Waals surface area (Å²) >= 11 is 5.83. The van der Waals surface area contributed by atoms with Crippen LogP contribution in [0.2, 0.25) is 5.02 Å². The maximum absolute atomic E-state index is 12.4. The lowest BCUT2D eigenvalue weighted by atomic mass is 10.2. The molecule has 0 aromatic heterocycles. The molecule has 2 N–H and O–H groups in total. The molecule has 5 nitrogen and oxygen atoms in total. The molecule has 1 saturated heterocycles. The highest BCUT2D eigenvalue weighted by molar-refractivity contribution is 6.30. The first-order valence-corrected chi connectivity index (χ1v) is 10.4. The molecule has 2 aromatic rings. The second kappa shape index (κ2) is 10.8. The van der Waals surface area contributed by atoms with E-state index in [-0.39, 0.29) is 11.8 Å². The van der Waals surface area contributed by atoms with E-state index in [1.54, 1.807) is 24.3 Å². The molecule has 0 unspecified atom stereocenters. The largest absolute Gasteiger partial charge is 0.352 e. The van der Waals surface area contributed by atoms with Crippen LogP contribution in [0.5, 0.6) is 0 Å². The molecule has 0 atom stereocenters. The van der Waals surface area contributed by atoms with Gasteiger partial charge in [-0.2, -0.15) is 0 Å². The van der Waals surface area contributed by atoms with E-state index in [2.05, 4.69) is 29.6 Å². The number of nitrogens with one attached hydrogen (secondary N) is 2. The molecule has 0 aliphatic carbocycles. The summed E-state index contributed by atoms with van der Waals surface area (Å²) in [7, 11) is 0. The lowest BCUT2D eigenvalue weighted by molar-refractivity contribution is -0.898. The summed E-state index contributed by atoms with van der Waals surface area (Å²) in [6.07, 6.45) is 4.67. The summed E-state index contributed by atoms with van der Waals surface area (Å²) in [5, 5.41) is 3.39. The first-order valence-electron chi connectivity index (χ1n) is 9.98. The fourth-order valence-electron chi connectivity index (χ4n) is 3.35. The fourth-order valence-corrected chi connectivity index (χ4v) is 3.47. The maximum Gasteiger partial charge on any atom is 0.251 e. The number of hydrogen-bond acceptors (Lipinski definition) is 2. The van der Waals surface area contributed by atoms with Crippen molar-refractivity contribution < 1.29 is 14.5 Å². The van der Waals surface area contributed by atoms with Crippen molar-refractivity contribution in [2.45, 2.75) is 6.42 Å². The zero-order valence-electron chi connectivity index (χ0n) is 16.4. The molecule has 0 spiro atoms. The number of rotatable bonds is 7. The van der Waals surface area contributed by atoms with Gasteiger partial charge >= 0.3 is 0 Å². The Bertz CT molecular complexity index is 829. The van der Waals surface area contributed by atoms with Crippen LogP contribution in [0.3, 0.4) is 0 Å². The summed E-state index contributed by atoms with van der Waals surface area (Å²) in [5.41, 5.74) is 1.75. The quantitative estimate of drug-likeness (QED) is 0.729. The Hall–Kier alpha value is -2.63. The van der Waals surface area contributed by atoms with Crippen molar-refractivity contribution in [1.29, 1.82) is 0 Å². The number of hydrogen-bond donors (Lipinski definition) is 2. The van der Waals surface area contributed by atoms with Crippen molar-refractivity contribution in [2.24, 2.45) is 0 Å². The maximum atomic E-state index is 12.4. The molecule has 2 amide bonds. The summed E-state index contributed by atoms with van der Waals surface area (Å²) < 4.78 is 0. The van der Waals surface area contributed by atoms with Crippen LogP contribution in [0.15, 0.2) is 60.7 Å². The number of carbonyl (C=O) groups is 2. The molecule has 0 saturated carbocycles. The van der Waals surface area contributed by atoms with Crippen LogP contribution in [0, 0.1) is 0 Å². The Morgan fingerprint density at radius 1 is 1.03 bits per heavy atom. The molecule has 29 heavy (non-hydrogen) atoms. The van der Waals surface area contributed by atoms with Crippen molar-refractivity contribution in [2.75, 3.05) is 39.3 Å². The average Bonchev–Trinajstić information content (AvgIpc) is 2.75. The lowest BCUT2D eigenvalue weighted by Crippen LogP contribution is -3.14. The van der Waals surface area contributed by atoms with E-state index >= 15 is 0 Å². The number of quaternary nitrogens is 1. The van der Waals surface area contributed by atoms with Gasteiger partial charge in [-0.25, -0.2) is 0 Å². The van der Waals surface area contributed by atoms with Crippen molar-refractivity contribution in [3.05, 3.63) is 76.8 Å². The number of benzene rings is 2. The Kier molecular flexibility index (Phi) is 7.85. The van der Waals surface area contributed by atoms with Gasteiger partial charge in [0.1, 0.15) is 0 Å². The zero-order chi connectivity index (χ0) is 20.5. The number of piperazine rings is 1. The normalized spacial score (nSPS) is 14.9. The molecule has 6 heteroatoms. The van der Waals surface area contributed by atoms with Gasteiger partial charge in [0.15, 0.2) is 0 Å². The predicted molar refractivity (Wildman–Crippen MR) is 116 cm³/mol. The molecule has 1 fully saturated rings. The monoisotopic (exact) mass is 412 g/mol. The molecular formula is C23H27ClN3O2+. The van der Waals surface area contributed by atoms with Gasteiger partial charge in [0.2, 0.25) is 5.91 Å². The number of amides is 2. The van der Waals surface area contributed by atoms with E-state index in [0.29, 0.717) is 23.6 Å². The molecule has 0 bridgehead atoms. The topological polar surface area (TPSA) is 53.9 Å². The second-order valence-corrected chi connectivity index (χ2v) is 7.60. The van der Waals surface area contributed by atoms with Crippen LogP contribution in [0.4, 0.5) is 0 Å². The lowest BCUT2D eigenvalue weighted by Gasteiger charge is -2.31. The van der Waals surface area contributed by atoms with Gasteiger partial charge in [-0.05, 0) is 35.9 Å². The summed E-state index contributed by atoms with van der Waals surface area (Å²) in [6, 6.07) is 17.0. The van der Waals surface area contributed by atoms with E-state index < -0.39 is 0 Å². The molecule has 1 aliphatic heterocycles. The molecule has 3 rings (SSSR count). The third-order valence-electron chi connectivity index (χ3n) is 5.07. The highest BCUT2D eigenvalue weighted by Crippen LogP contribution is 2.09. The first-order chi connectivity index (χ1) is 14.1. The molecule has 0 radical (unpaired) electrons. The van der Waals surface area contributed by atoms with Gasteiger partial charge in [-0.15, -0.1) is 0 Å². The van der Waals surface area contributed by atoms with Crippen molar-refractivity contribution >= 4 is 29.5 Å². The smallest absolute Gasteiger partial charge is 0.251 e. The van der Waals surface area contributed by atoms with Crippen LogP contribution < -0.4 is 10.2 Å². The SMILES string of the molecule is O=C(NCCC(=O)N1CC[NH+](C/C=C/c2ccccc2)CC1)c1ccc(Cl)cc1. The van der Waals surface area contributed by atoms with Crippen LogP contribution in [0.25, 0.3) is 6.08 Å². The first kappa shape index (κ1) is 21.1. The van der Waals surface area contributed by atoms with E-state index in [9.17, 15) is 9.59 Å². The Morgan fingerprint density at radius 2 is 1.72 bits per heavy atom. The van der Waals surface area contributed by atoms with Crippen LogP contribution in [-0.2, 0) is 4.79 Å². The van der Waals surface area contributed by atoms with Gasteiger partial charge < -0.3 is 15.1 Å². The Labute approximate surface area is 177 Å². The van der Waals surface area contributed by atoms with Crippen LogP contribution in [-0.4, -0.2) is 56.0 Å². The second-order valence-electron chi connectivity index (χ2n) is 7.16. The zero-order valence-corrected chi connectivity index (χ0v) is 17.2. The highest BCUT2D eigenvalue weighted by Gasteiger charge is 2.22. The molecule has 1 heterocycles. The minimum atomic E-state index is -0.186. The molecule has 152 valence electrons. The number of nitrogens with zero attached hydrogens (tertiary/aromatic N) is 1. The summed E-state index contributed by atoms with van der Waals surface area (Å²) in [5.74, 6) is -0.0887. The van der Waals surface area contributed by atoms with Gasteiger partial charge in [-0.3, -0.25) is 9.59 Å². The van der Waals surface area contributed by atoms with Gasteiger partial charge in [0.25, 0.3) is 5.91 Å². The van der Waals surface area contributed by atoms with Gasteiger partial charge in [-0.1, -0.05) is 48.0 Å². The van der Waals surface area contributed by atoms with Crippen LogP contribution in [0.1, 0.15) is 22.3 Å². The predicted octanol–water partition coefficient (Wildman–Crippen LogP) is 1.90. The van der Waals surface area contributed by atoms with Crippen molar-refractivity contribution in [1.82, 2.24) is 10.2 Å². The van der Waals surface area contributed by atoms with E-state index in [1.165, 1.54) is 10.5 Å². The van der Waals surface area contributed by atoms with Crippen molar-refractivity contribution in [3.8, 4) is 0 Å². The minimum absolute atomic E-state index is 0.0975. The number of carbonyl (C=O) groups excluding carboxylic acids is 2. The molecule has 1 aliphatic rings. The van der Waals surface area contributed by atoms with Crippen molar-refractivity contribution in [3.63, 3.8) is 0 Å². The third kappa shape index (κ3) is 6.73. The average molecular weight is 413 g/mol. The van der Waals surface area contributed by atoms with E-state index in [1.807, 2.05) is 23.1 Å². The molecular weight excluding hydrogens is 386 g/mol. The highest BCUT2D eigenvalue weighted by atomic mass is 35.5. The van der Waals surface area contributed by atoms with E-state index in [4.69, 9.17) is 11.6 Å². The number of halogens is 1. The van der Waals surface area contributed by atoms with Gasteiger partial charge in [0, 0.05) is 23.6 Å². The minimum Gasteiger partial charge on any atom is -0.352 e. The summed E-state index contributed by atoms with van der Waals surface area (Å²) in [4.78, 5) is 27.9. The van der Waals surface area contributed by atoms with Crippen LogP contribution >= 0.6 is 11.6 Å². The Morgan fingerprint density at radius 3 is 2.41 bits per heavy atom. The summed E-state index contributed by atoms with van der Waals surface area (Å²) in [6.45, 7) is 4.72. The molecule has 2 aromatic carbocycles. The van der Waals surface area contributed by atoms with E-state index in [0.717, 1.165) is 32.7 Å². The Balaban J connectivity index is 1.34. The standard InChI is InChI=1S/C23H26ClN3O2/c24-21-10-8-20(9-11-21)23(29)25-13-12-22(28)27-17-15-26(16-18-27)14-4-7-19-5-2-1-3-6-19/h1-11H,12-18H2,(H,25,29)/p+1/b7-4+. The fraction of sp³-hybridized carbons (Fsp3) is 0.304.